The van der Waals surface area contributed by atoms with E-state index in [0.29, 0.717) is 0 Å². The molecule has 0 N–H and O–H groups in total. The molecule has 0 fully saturated rings. The number of rotatable bonds is 49. The Morgan fingerprint density at radius 1 is 0.241 bits per heavy atom. The van der Waals surface area contributed by atoms with Gasteiger partial charge in [-0.25, -0.2) is 4.57 Å². The average Bonchev–Trinajstić information content (AvgIpc) is 3.23. The molecule has 1 rings (SSSR count). The molecule has 0 unspecified atom stereocenters. The molecule has 0 saturated carbocycles. The number of hydrogen-bond donors (Lipinski definition) is 0. The normalized spacial score (nSPS) is 11.6. The topological polar surface area (TPSA) is 3.88 Å². The van der Waals surface area contributed by atoms with Crippen molar-refractivity contribution in [3.05, 3.63) is 29.6 Å². The van der Waals surface area contributed by atoms with Crippen LogP contribution in [0.5, 0.6) is 0 Å². The van der Waals surface area contributed by atoms with E-state index in [0.717, 1.165) is 0 Å². The van der Waals surface area contributed by atoms with E-state index < -0.39 is 0 Å². The maximum atomic E-state index is 2.60. The van der Waals surface area contributed by atoms with Gasteiger partial charge in [-0.2, -0.15) is 0 Å². The summed E-state index contributed by atoms with van der Waals surface area (Å²) in [6.45, 7) is 8.17. The lowest BCUT2D eigenvalue weighted by Gasteiger charge is -2.08. The maximum absolute atomic E-state index is 2.60. The fraction of sp³-hybridized carbons (Fsp3) is 0.912. The molecular formula is C57H110N+. The zero-order chi connectivity index (χ0) is 41.5. The van der Waals surface area contributed by atoms with Crippen LogP contribution in [0.1, 0.15) is 327 Å². The Morgan fingerprint density at radius 3 is 0.655 bits per heavy atom. The monoisotopic (exact) mass is 809 g/mol. The molecule has 0 radical (unpaired) electrons. The van der Waals surface area contributed by atoms with Crippen molar-refractivity contribution >= 4 is 0 Å². The van der Waals surface area contributed by atoms with Crippen molar-refractivity contribution in [3.63, 3.8) is 0 Å². The van der Waals surface area contributed by atoms with Gasteiger partial charge in [0.1, 0.15) is 6.54 Å². The van der Waals surface area contributed by atoms with E-state index in [1.807, 2.05) is 0 Å². The van der Waals surface area contributed by atoms with Gasteiger partial charge < -0.3 is 0 Å². The molecule has 0 amide bonds. The van der Waals surface area contributed by atoms with Gasteiger partial charge in [-0.15, -0.1) is 0 Å². The van der Waals surface area contributed by atoms with E-state index in [4.69, 9.17) is 0 Å². The third-order valence-corrected chi connectivity index (χ3v) is 13.4. The standard InChI is InChI=1S/C57H110N/c1-4-7-10-13-16-19-22-25-28-30-32-35-38-41-44-47-50-56-53-57(51-48-45-42-39-36-33-31-29-26-23-20-17-14-11-8-5-2)55-58(54-56)52-49-46-43-40-37-34-27-24-21-18-15-12-9-6-3/h53-55H,4-52H2,1-3H3/q+1. The highest BCUT2D eigenvalue weighted by Crippen LogP contribution is 2.18. The van der Waals surface area contributed by atoms with Crippen LogP contribution in [0.2, 0.25) is 0 Å². The lowest BCUT2D eigenvalue weighted by molar-refractivity contribution is -0.698. The third kappa shape index (κ3) is 40.6. The number of pyridine rings is 1. The lowest BCUT2D eigenvalue weighted by atomic mass is 10.0. The zero-order valence-electron chi connectivity index (χ0n) is 40.8. The number of unbranched alkanes of at least 4 members (excludes halogenated alkanes) is 43. The number of aromatic nitrogens is 1. The van der Waals surface area contributed by atoms with Gasteiger partial charge in [0, 0.05) is 17.5 Å². The minimum Gasteiger partial charge on any atom is -0.205 e. The second-order valence-electron chi connectivity index (χ2n) is 19.5. The lowest BCUT2D eigenvalue weighted by Crippen LogP contribution is -2.34. The van der Waals surface area contributed by atoms with Gasteiger partial charge in [-0.1, -0.05) is 290 Å². The first-order valence-electron chi connectivity index (χ1n) is 27.8. The molecule has 0 saturated heterocycles. The van der Waals surface area contributed by atoms with Gasteiger partial charge >= 0.3 is 0 Å². The molecule has 1 heteroatoms. The highest BCUT2D eigenvalue weighted by Gasteiger charge is 2.09. The fourth-order valence-electron chi connectivity index (χ4n) is 9.42. The Hall–Kier alpha value is -0.850. The van der Waals surface area contributed by atoms with Crippen LogP contribution in [-0.2, 0) is 19.4 Å². The minimum absolute atomic E-state index is 1.22. The summed E-state index contributed by atoms with van der Waals surface area (Å²) in [6, 6.07) is 2.60. The second-order valence-corrected chi connectivity index (χ2v) is 19.5. The molecule has 0 aliphatic heterocycles. The van der Waals surface area contributed by atoms with Crippen molar-refractivity contribution in [1.29, 1.82) is 0 Å². The highest BCUT2D eigenvalue weighted by molar-refractivity contribution is 5.15. The van der Waals surface area contributed by atoms with Crippen LogP contribution in [-0.4, -0.2) is 0 Å². The number of hydrogen-bond acceptors (Lipinski definition) is 0. The number of nitrogens with zero attached hydrogens (tertiary/aromatic N) is 1. The molecule has 0 aliphatic carbocycles. The molecule has 342 valence electrons. The van der Waals surface area contributed by atoms with E-state index in [-0.39, 0.29) is 0 Å². The average molecular weight is 810 g/mol. The summed E-state index contributed by atoms with van der Waals surface area (Å²) in [5.41, 5.74) is 3.23. The van der Waals surface area contributed by atoms with Crippen LogP contribution in [0.25, 0.3) is 0 Å². The van der Waals surface area contributed by atoms with Crippen LogP contribution in [0.15, 0.2) is 18.5 Å². The van der Waals surface area contributed by atoms with E-state index in [1.54, 1.807) is 11.1 Å². The van der Waals surface area contributed by atoms with Gasteiger partial charge in [0.15, 0.2) is 12.4 Å². The van der Waals surface area contributed by atoms with E-state index in [2.05, 4.69) is 43.8 Å². The third-order valence-electron chi connectivity index (χ3n) is 13.4. The summed E-state index contributed by atoms with van der Waals surface area (Å²) < 4.78 is 2.60. The summed E-state index contributed by atoms with van der Waals surface area (Å²) >= 11 is 0. The summed E-state index contributed by atoms with van der Waals surface area (Å²) in [4.78, 5) is 0. The summed E-state index contributed by atoms with van der Waals surface area (Å²) in [6.07, 6.45) is 74.2. The van der Waals surface area contributed by atoms with Gasteiger partial charge in [-0.05, 0) is 38.2 Å². The SMILES string of the molecule is CCCCCCCCCCCCCCCCCCc1cc(CCCCCCCCCCCCCCCCCC)c[n+](CCCCCCCCCCCCCCCC)c1. The zero-order valence-corrected chi connectivity index (χ0v) is 40.8. The van der Waals surface area contributed by atoms with Crippen molar-refractivity contribution < 1.29 is 4.57 Å². The van der Waals surface area contributed by atoms with E-state index in [9.17, 15) is 0 Å². The molecule has 1 heterocycles. The minimum atomic E-state index is 1.22. The van der Waals surface area contributed by atoms with Crippen molar-refractivity contribution in [1.82, 2.24) is 0 Å². The molecule has 0 spiro atoms. The predicted octanol–water partition coefficient (Wildman–Crippen LogP) is 20.1. The summed E-state index contributed by atoms with van der Waals surface area (Å²) in [7, 11) is 0. The fourth-order valence-corrected chi connectivity index (χ4v) is 9.42. The first-order valence-corrected chi connectivity index (χ1v) is 27.8. The van der Waals surface area contributed by atoms with Gasteiger partial charge in [0.25, 0.3) is 0 Å². The van der Waals surface area contributed by atoms with Crippen molar-refractivity contribution in [2.45, 2.75) is 336 Å². The molecule has 1 nitrogen and oxygen atoms in total. The van der Waals surface area contributed by atoms with E-state index >= 15 is 0 Å². The van der Waals surface area contributed by atoms with Crippen molar-refractivity contribution in [2.24, 2.45) is 0 Å². The second kappa shape index (κ2) is 47.2. The van der Waals surface area contributed by atoms with Crippen LogP contribution in [0, 0.1) is 0 Å². The quantitative estimate of drug-likeness (QED) is 0.0456. The van der Waals surface area contributed by atoms with E-state index in [1.165, 1.54) is 315 Å². The van der Waals surface area contributed by atoms with Crippen LogP contribution < -0.4 is 4.57 Å². The number of aryl methyl sites for hydroxylation is 3. The van der Waals surface area contributed by atoms with Crippen LogP contribution >= 0.6 is 0 Å². The predicted molar refractivity (Wildman–Crippen MR) is 263 cm³/mol. The molecular weight excluding hydrogens is 699 g/mol. The first kappa shape index (κ1) is 55.2. The Kier molecular flexibility index (Phi) is 44.9. The van der Waals surface area contributed by atoms with Crippen molar-refractivity contribution in [2.75, 3.05) is 0 Å². The maximum Gasteiger partial charge on any atom is 0.171 e. The van der Waals surface area contributed by atoms with Crippen molar-refractivity contribution in [3.8, 4) is 0 Å². The smallest absolute Gasteiger partial charge is 0.171 e. The molecule has 58 heavy (non-hydrogen) atoms. The summed E-state index contributed by atoms with van der Waals surface area (Å²) in [5, 5.41) is 0. The highest BCUT2D eigenvalue weighted by atomic mass is 14.9. The van der Waals surface area contributed by atoms with Crippen LogP contribution in [0.3, 0.4) is 0 Å². The largest absolute Gasteiger partial charge is 0.205 e. The van der Waals surface area contributed by atoms with Crippen LogP contribution in [0.4, 0.5) is 0 Å². The summed E-state index contributed by atoms with van der Waals surface area (Å²) in [5.74, 6) is 0. The van der Waals surface area contributed by atoms with Gasteiger partial charge in [-0.3, -0.25) is 0 Å². The molecule has 0 bridgehead atoms. The Bertz CT molecular complexity index is 850. The van der Waals surface area contributed by atoms with Gasteiger partial charge in [0.05, 0.1) is 0 Å². The van der Waals surface area contributed by atoms with Gasteiger partial charge in [0.2, 0.25) is 0 Å². The molecule has 1 aromatic rings. The molecule has 1 aromatic heterocycles. The first-order chi connectivity index (χ1) is 28.8. The molecule has 0 atom stereocenters. The molecule has 0 aliphatic rings. The molecule has 0 aromatic carbocycles. The Labute approximate surface area is 368 Å². The Balaban J connectivity index is 2.27. The Morgan fingerprint density at radius 2 is 0.431 bits per heavy atom.